The van der Waals surface area contributed by atoms with Crippen LogP contribution in [0, 0.1) is 0 Å². The second-order valence-corrected chi connectivity index (χ2v) is 4.57. The van der Waals surface area contributed by atoms with Gasteiger partial charge in [0.25, 0.3) is 0 Å². The van der Waals surface area contributed by atoms with Gasteiger partial charge in [0.15, 0.2) is 0 Å². The Kier molecular flexibility index (Phi) is 4.96. The van der Waals surface area contributed by atoms with Crippen LogP contribution in [0.2, 0.25) is 0 Å². The Hall–Kier alpha value is -2.07. The molecule has 1 aromatic heterocycles. The molecule has 1 atom stereocenters. The molecule has 106 valence electrons. The standard InChI is InChI=1S/C16H20N2O2/c1-12(13-5-4-8-17-10-13)18-11-14-6-7-15(19-2)9-16(14)20-3/h4-10,12,18H,11H2,1-3H3/t12-/m1/s1. The highest BCUT2D eigenvalue weighted by molar-refractivity contribution is 5.40. The number of hydrogen-bond donors (Lipinski definition) is 1. The van der Waals surface area contributed by atoms with E-state index < -0.39 is 0 Å². The number of rotatable bonds is 6. The summed E-state index contributed by atoms with van der Waals surface area (Å²) in [6.07, 6.45) is 3.66. The lowest BCUT2D eigenvalue weighted by molar-refractivity contribution is 0.389. The van der Waals surface area contributed by atoms with Gasteiger partial charge in [0.2, 0.25) is 0 Å². The lowest BCUT2D eigenvalue weighted by Gasteiger charge is -2.16. The van der Waals surface area contributed by atoms with E-state index in [9.17, 15) is 0 Å². The van der Waals surface area contributed by atoms with Gasteiger partial charge in [-0.25, -0.2) is 0 Å². The Bertz CT molecular complexity index is 543. The number of nitrogens with zero attached hydrogens (tertiary/aromatic N) is 1. The summed E-state index contributed by atoms with van der Waals surface area (Å²) in [4.78, 5) is 4.14. The van der Waals surface area contributed by atoms with Crippen LogP contribution in [-0.4, -0.2) is 19.2 Å². The molecule has 0 unspecified atom stereocenters. The van der Waals surface area contributed by atoms with Crippen molar-refractivity contribution in [2.45, 2.75) is 19.5 Å². The molecule has 4 nitrogen and oxygen atoms in total. The first kappa shape index (κ1) is 14.3. The van der Waals surface area contributed by atoms with Crippen molar-refractivity contribution < 1.29 is 9.47 Å². The molecule has 0 radical (unpaired) electrons. The molecule has 1 N–H and O–H groups in total. The third-order valence-electron chi connectivity index (χ3n) is 3.28. The normalized spacial score (nSPS) is 11.9. The number of aromatic nitrogens is 1. The van der Waals surface area contributed by atoms with E-state index in [0.717, 1.165) is 23.6 Å². The molecule has 1 heterocycles. The van der Waals surface area contributed by atoms with E-state index in [2.05, 4.69) is 23.3 Å². The molecule has 2 rings (SSSR count). The molecular formula is C16H20N2O2. The zero-order valence-corrected chi connectivity index (χ0v) is 12.1. The fourth-order valence-corrected chi connectivity index (χ4v) is 2.01. The minimum absolute atomic E-state index is 0.232. The number of benzene rings is 1. The predicted octanol–water partition coefficient (Wildman–Crippen LogP) is 2.95. The first-order valence-corrected chi connectivity index (χ1v) is 6.59. The van der Waals surface area contributed by atoms with Crippen molar-refractivity contribution >= 4 is 0 Å². The van der Waals surface area contributed by atoms with Gasteiger partial charge in [-0.15, -0.1) is 0 Å². The number of pyridine rings is 1. The maximum atomic E-state index is 5.39. The fraction of sp³-hybridized carbons (Fsp3) is 0.312. The van der Waals surface area contributed by atoms with Crippen LogP contribution in [0.1, 0.15) is 24.1 Å². The van der Waals surface area contributed by atoms with E-state index in [1.54, 1.807) is 20.4 Å². The van der Waals surface area contributed by atoms with Gasteiger partial charge in [-0.3, -0.25) is 4.98 Å². The van der Waals surface area contributed by atoms with Crippen LogP contribution in [0.25, 0.3) is 0 Å². The second-order valence-electron chi connectivity index (χ2n) is 4.57. The molecule has 0 aliphatic rings. The summed E-state index contributed by atoms with van der Waals surface area (Å²) < 4.78 is 10.6. The quantitative estimate of drug-likeness (QED) is 0.878. The summed E-state index contributed by atoms with van der Waals surface area (Å²) >= 11 is 0. The van der Waals surface area contributed by atoms with E-state index in [1.807, 2.05) is 30.5 Å². The highest BCUT2D eigenvalue weighted by atomic mass is 16.5. The summed E-state index contributed by atoms with van der Waals surface area (Å²) in [6, 6.07) is 10.1. The second kappa shape index (κ2) is 6.91. The van der Waals surface area contributed by atoms with Gasteiger partial charge < -0.3 is 14.8 Å². The third kappa shape index (κ3) is 3.48. The lowest BCUT2D eigenvalue weighted by Crippen LogP contribution is -2.18. The molecule has 0 amide bonds. The van der Waals surface area contributed by atoms with E-state index in [-0.39, 0.29) is 6.04 Å². The number of methoxy groups -OCH3 is 2. The van der Waals surface area contributed by atoms with Crippen LogP contribution < -0.4 is 14.8 Å². The minimum Gasteiger partial charge on any atom is -0.497 e. The smallest absolute Gasteiger partial charge is 0.127 e. The van der Waals surface area contributed by atoms with Crippen molar-refractivity contribution in [3.8, 4) is 11.5 Å². The molecule has 0 saturated heterocycles. The van der Waals surface area contributed by atoms with Gasteiger partial charge >= 0.3 is 0 Å². The first-order valence-electron chi connectivity index (χ1n) is 6.59. The maximum Gasteiger partial charge on any atom is 0.127 e. The van der Waals surface area contributed by atoms with Crippen LogP contribution >= 0.6 is 0 Å². The average molecular weight is 272 g/mol. The molecule has 0 bridgehead atoms. The zero-order chi connectivity index (χ0) is 14.4. The van der Waals surface area contributed by atoms with Crippen LogP contribution in [0.4, 0.5) is 0 Å². The molecule has 0 saturated carbocycles. The number of nitrogens with one attached hydrogen (secondary N) is 1. The molecule has 4 heteroatoms. The van der Waals surface area contributed by atoms with Gasteiger partial charge in [0.05, 0.1) is 14.2 Å². The van der Waals surface area contributed by atoms with E-state index >= 15 is 0 Å². The molecule has 0 fully saturated rings. The zero-order valence-electron chi connectivity index (χ0n) is 12.1. The topological polar surface area (TPSA) is 43.4 Å². The van der Waals surface area contributed by atoms with Crippen molar-refractivity contribution in [3.63, 3.8) is 0 Å². The van der Waals surface area contributed by atoms with Crippen molar-refractivity contribution in [1.82, 2.24) is 10.3 Å². The fourth-order valence-electron chi connectivity index (χ4n) is 2.01. The van der Waals surface area contributed by atoms with Gasteiger partial charge in [-0.05, 0) is 24.6 Å². The van der Waals surface area contributed by atoms with Crippen LogP contribution in [0.5, 0.6) is 11.5 Å². The summed E-state index contributed by atoms with van der Waals surface area (Å²) in [5.41, 5.74) is 2.27. The monoisotopic (exact) mass is 272 g/mol. The Labute approximate surface area is 119 Å². The highest BCUT2D eigenvalue weighted by Crippen LogP contribution is 2.25. The molecule has 2 aromatic rings. The summed E-state index contributed by atoms with van der Waals surface area (Å²) in [7, 11) is 3.32. The van der Waals surface area contributed by atoms with Gasteiger partial charge in [-0.2, -0.15) is 0 Å². The number of ether oxygens (including phenoxy) is 2. The first-order chi connectivity index (χ1) is 9.74. The SMILES string of the molecule is COc1ccc(CN[C@H](C)c2cccnc2)c(OC)c1. The van der Waals surface area contributed by atoms with Gasteiger partial charge in [0, 0.05) is 36.6 Å². The molecular weight excluding hydrogens is 252 g/mol. The van der Waals surface area contributed by atoms with Gasteiger partial charge in [0.1, 0.15) is 11.5 Å². The molecule has 0 spiro atoms. The van der Waals surface area contributed by atoms with Crippen molar-refractivity contribution in [2.75, 3.05) is 14.2 Å². The van der Waals surface area contributed by atoms with Crippen molar-refractivity contribution in [1.29, 1.82) is 0 Å². The van der Waals surface area contributed by atoms with E-state index in [4.69, 9.17) is 9.47 Å². The summed E-state index contributed by atoms with van der Waals surface area (Å²) in [5.74, 6) is 1.63. The Morgan fingerprint density at radius 3 is 2.70 bits per heavy atom. The lowest BCUT2D eigenvalue weighted by atomic mass is 10.1. The van der Waals surface area contributed by atoms with Crippen LogP contribution in [0.15, 0.2) is 42.7 Å². The largest absolute Gasteiger partial charge is 0.497 e. The highest BCUT2D eigenvalue weighted by Gasteiger charge is 2.08. The average Bonchev–Trinajstić information content (AvgIpc) is 2.53. The molecule has 0 aliphatic heterocycles. The number of hydrogen-bond acceptors (Lipinski definition) is 4. The van der Waals surface area contributed by atoms with Crippen LogP contribution in [0.3, 0.4) is 0 Å². The Morgan fingerprint density at radius 2 is 2.05 bits per heavy atom. The van der Waals surface area contributed by atoms with Crippen LogP contribution in [-0.2, 0) is 6.54 Å². The Morgan fingerprint density at radius 1 is 1.20 bits per heavy atom. The molecule has 0 aliphatic carbocycles. The van der Waals surface area contributed by atoms with E-state index in [1.165, 1.54) is 5.56 Å². The predicted molar refractivity (Wildman–Crippen MR) is 79.0 cm³/mol. The van der Waals surface area contributed by atoms with Crippen molar-refractivity contribution in [3.05, 3.63) is 53.9 Å². The summed E-state index contributed by atoms with van der Waals surface area (Å²) in [5, 5.41) is 3.47. The van der Waals surface area contributed by atoms with E-state index in [0.29, 0.717) is 0 Å². The summed E-state index contributed by atoms with van der Waals surface area (Å²) in [6.45, 7) is 2.84. The minimum atomic E-state index is 0.232. The molecule has 1 aromatic carbocycles. The molecule has 20 heavy (non-hydrogen) atoms. The van der Waals surface area contributed by atoms with Crippen molar-refractivity contribution in [2.24, 2.45) is 0 Å². The van der Waals surface area contributed by atoms with Gasteiger partial charge in [-0.1, -0.05) is 12.1 Å². The maximum absolute atomic E-state index is 5.39. The third-order valence-corrected chi connectivity index (χ3v) is 3.28. The Balaban J connectivity index is 2.03.